The van der Waals surface area contributed by atoms with Gasteiger partial charge in [0.25, 0.3) is 0 Å². The predicted molar refractivity (Wildman–Crippen MR) is 142 cm³/mol. The van der Waals surface area contributed by atoms with Gasteiger partial charge in [-0.1, -0.05) is 82.3 Å². The summed E-state index contributed by atoms with van der Waals surface area (Å²) >= 11 is 0. The van der Waals surface area contributed by atoms with Crippen LogP contribution in [0.5, 0.6) is 11.5 Å². The van der Waals surface area contributed by atoms with E-state index in [2.05, 4.69) is 13.8 Å². The van der Waals surface area contributed by atoms with Crippen molar-refractivity contribution < 1.29 is 27.0 Å². The number of ether oxygens (including phenoxy) is 2. The van der Waals surface area contributed by atoms with Gasteiger partial charge in [0, 0.05) is 5.56 Å². The third-order valence-corrected chi connectivity index (χ3v) is 7.49. The summed E-state index contributed by atoms with van der Waals surface area (Å²) in [6.07, 6.45) is 7.74. The fourth-order valence-electron chi connectivity index (χ4n) is 5.06. The van der Waals surface area contributed by atoms with E-state index in [1.54, 1.807) is 36.4 Å². The lowest BCUT2D eigenvalue weighted by molar-refractivity contribution is 0.266. The second-order valence-corrected chi connectivity index (χ2v) is 10.4. The van der Waals surface area contributed by atoms with Crippen LogP contribution in [-0.4, -0.2) is 6.61 Å². The Balaban J connectivity index is 1.37. The van der Waals surface area contributed by atoms with Crippen molar-refractivity contribution in [3.8, 4) is 22.6 Å². The van der Waals surface area contributed by atoms with Gasteiger partial charge in [0.1, 0.15) is 6.61 Å². The van der Waals surface area contributed by atoms with E-state index in [0.29, 0.717) is 29.2 Å². The van der Waals surface area contributed by atoms with Gasteiger partial charge in [-0.2, -0.15) is 8.78 Å². The summed E-state index contributed by atoms with van der Waals surface area (Å²) in [7, 11) is 0. The minimum atomic E-state index is -1.10. The van der Waals surface area contributed by atoms with E-state index >= 15 is 4.39 Å². The zero-order valence-electron chi connectivity index (χ0n) is 22.2. The quantitative estimate of drug-likeness (QED) is 0.182. The topological polar surface area (TPSA) is 18.5 Å². The summed E-state index contributed by atoms with van der Waals surface area (Å²) < 4.78 is 69.7. The van der Waals surface area contributed by atoms with Gasteiger partial charge < -0.3 is 9.47 Å². The second-order valence-electron chi connectivity index (χ2n) is 10.4. The van der Waals surface area contributed by atoms with Gasteiger partial charge in [-0.15, -0.1) is 0 Å². The van der Waals surface area contributed by atoms with Gasteiger partial charge in [-0.25, -0.2) is 8.78 Å². The van der Waals surface area contributed by atoms with E-state index in [-0.39, 0.29) is 29.6 Å². The van der Waals surface area contributed by atoms with Crippen LogP contribution < -0.4 is 9.47 Å². The molecule has 6 heteroatoms. The molecule has 204 valence electrons. The highest BCUT2D eigenvalue weighted by Gasteiger charge is 2.25. The van der Waals surface area contributed by atoms with Crippen LogP contribution in [0.1, 0.15) is 82.3 Å². The number of halogens is 4. The molecule has 2 nitrogen and oxygen atoms in total. The summed E-state index contributed by atoms with van der Waals surface area (Å²) in [5.74, 6) is -3.42. The van der Waals surface area contributed by atoms with Crippen LogP contribution in [0.3, 0.4) is 0 Å². The first kappa shape index (κ1) is 28.0. The van der Waals surface area contributed by atoms with Gasteiger partial charge in [0.15, 0.2) is 23.1 Å². The maximum atomic E-state index is 15.0. The Morgan fingerprint density at radius 3 is 2.00 bits per heavy atom. The van der Waals surface area contributed by atoms with E-state index in [1.807, 2.05) is 0 Å². The fraction of sp³-hybridized carbons (Fsp3) is 0.438. The lowest BCUT2D eigenvalue weighted by atomic mass is 9.79. The Labute approximate surface area is 223 Å². The summed E-state index contributed by atoms with van der Waals surface area (Å²) in [5.41, 5.74) is 1.87. The third kappa shape index (κ3) is 6.69. The SMILES string of the molecule is CCCCCCOc1ccc(OCc2ccc(-c3ccc(C4CCC(C)CC4)c(F)c3F)cc2)c(F)c1F. The fourth-order valence-corrected chi connectivity index (χ4v) is 5.06. The lowest BCUT2D eigenvalue weighted by Crippen LogP contribution is -2.13. The average Bonchev–Trinajstić information content (AvgIpc) is 2.93. The highest BCUT2D eigenvalue weighted by Crippen LogP contribution is 2.38. The van der Waals surface area contributed by atoms with E-state index in [4.69, 9.17) is 9.47 Å². The van der Waals surface area contributed by atoms with E-state index in [9.17, 15) is 13.2 Å². The molecule has 0 aromatic heterocycles. The molecule has 0 spiro atoms. The Hall–Kier alpha value is -3.02. The third-order valence-electron chi connectivity index (χ3n) is 7.49. The van der Waals surface area contributed by atoms with Crippen LogP contribution in [0.25, 0.3) is 11.1 Å². The monoisotopic (exact) mass is 528 g/mol. The van der Waals surface area contributed by atoms with E-state index < -0.39 is 23.3 Å². The predicted octanol–water partition coefficient (Wildman–Crippen LogP) is 9.74. The number of hydrogen-bond donors (Lipinski definition) is 0. The molecule has 0 radical (unpaired) electrons. The molecule has 0 saturated heterocycles. The zero-order chi connectivity index (χ0) is 27.1. The molecule has 0 unspecified atom stereocenters. The summed E-state index contributed by atoms with van der Waals surface area (Å²) in [4.78, 5) is 0. The van der Waals surface area contributed by atoms with Gasteiger partial charge >= 0.3 is 0 Å². The molecule has 0 N–H and O–H groups in total. The molecule has 3 aromatic rings. The Morgan fingerprint density at radius 2 is 1.34 bits per heavy atom. The molecular formula is C32H36F4O2. The van der Waals surface area contributed by atoms with Crippen LogP contribution >= 0.6 is 0 Å². The van der Waals surface area contributed by atoms with Gasteiger partial charge in [0.05, 0.1) is 6.61 Å². The lowest BCUT2D eigenvalue weighted by Gasteiger charge is -2.27. The maximum absolute atomic E-state index is 15.0. The van der Waals surface area contributed by atoms with Gasteiger partial charge in [-0.3, -0.25) is 0 Å². The molecule has 38 heavy (non-hydrogen) atoms. The second kappa shape index (κ2) is 13.2. The summed E-state index contributed by atoms with van der Waals surface area (Å²) in [6, 6.07) is 12.8. The highest BCUT2D eigenvalue weighted by atomic mass is 19.2. The number of hydrogen-bond acceptors (Lipinski definition) is 2. The molecule has 0 bridgehead atoms. The van der Waals surface area contributed by atoms with Crippen molar-refractivity contribution in [3.63, 3.8) is 0 Å². The molecule has 1 fully saturated rings. The Kier molecular flexibility index (Phi) is 9.70. The molecule has 1 aliphatic carbocycles. The van der Waals surface area contributed by atoms with Crippen molar-refractivity contribution in [2.75, 3.05) is 6.61 Å². The molecule has 1 aliphatic rings. The highest BCUT2D eigenvalue weighted by molar-refractivity contribution is 5.65. The minimum Gasteiger partial charge on any atom is -0.490 e. The molecular weight excluding hydrogens is 492 g/mol. The van der Waals surface area contributed by atoms with Crippen molar-refractivity contribution in [1.82, 2.24) is 0 Å². The first-order chi connectivity index (χ1) is 18.4. The van der Waals surface area contributed by atoms with Crippen LogP contribution in [0, 0.1) is 29.2 Å². The minimum absolute atomic E-state index is 0.0102. The van der Waals surface area contributed by atoms with Crippen LogP contribution in [-0.2, 0) is 6.61 Å². The van der Waals surface area contributed by atoms with Crippen molar-refractivity contribution >= 4 is 0 Å². The molecule has 4 rings (SSSR count). The van der Waals surface area contributed by atoms with Crippen molar-refractivity contribution in [2.45, 2.75) is 77.7 Å². The summed E-state index contributed by atoms with van der Waals surface area (Å²) in [5, 5.41) is 0. The first-order valence-corrected chi connectivity index (χ1v) is 13.7. The zero-order valence-corrected chi connectivity index (χ0v) is 22.2. The smallest absolute Gasteiger partial charge is 0.204 e. The molecule has 0 aliphatic heterocycles. The largest absolute Gasteiger partial charge is 0.490 e. The Bertz CT molecular complexity index is 1200. The number of rotatable bonds is 11. The molecule has 3 aromatic carbocycles. The maximum Gasteiger partial charge on any atom is 0.204 e. The number of benzene rings is 3. The normalized spacial score (nSPS) is 17.4. The van der Waals surface area contributed by atoms with Crippen LogP contribution in [0.2, 0.25) is 0 Å². The average molecular weight is 529 g/mol. The van der Waals surface area contributed by atoms with E-state index in [0.717, 1.165) is 51.4 Å². The summed E-state index contributed by atoms with van der Waals surface area (Å²) in [6.45, 7) is 4.61. The van der Waals surface area contributed by atoms with Crippen molar-refractivity contribution in [3.05, 3.63) is 82.9 Å². The van der Waals surface area contributed by atoms with E-state index in [1.165, 1.54) is 12.1 Å². The van der Waals surface area contributed by atoms with Gasteiger partial charge in [-0.05, 0) is 59.9 Å². The molecule has 0 heterocycles. The van der Waals surface area contributed by atoms with Crippen molar-refractivity contribution in [1.29, 1.82) is 0 Å². The molecule has 1 saturated carbocycles. The van der Waals surface area contributed by atoms with Crippen molar-refractivity contribution in [2.24, 2.45) is 5.92 Å². The first-order valence-electron chi connectivity index (χ1n) is 13.7. The number of unbranched alkanes of at least 4 members (excludes halogenated alkanes) is 3. The van der Waals surface area contributed by atoms with Crippen LogP contribution in [0.4, 0.5) is 17.6 Å². The van der Waals surface area contributed by atoms with Crippen LogP contribution in [0.15, 0.2) is 48.5 Å². The Morgan fingerprint density at radius 1 is 0.684 bits per heavy atom. The van der Waals surface area contributed by atoms with Gasteiger partial charge in [0.2, 0.25) is 11.6 Å². The molecule has 0 atom stereocenters. The molecule has 0 amide bonds. The standard InChI is InChI=1S/C32H36F4O2/c1-3-4-5-6-19-37-27-17-18-28(32(36)31(27)35)38-20-22-9-13-24(14-10-22)26-16-15-25(29(33)30(26)34)23-11-7-21(2)8-12-23/h9-10,13-18,21,23H,3-8,11-12,19-20H2,1-2H3.